The second-order valence-corrected chi connectivity index (χ2v) is 5.67. The third-order valence-corrected chi connectivity index (χ3v) is 3.91. The Balaban J connectivity index is 2.19. The van der Waals surface area contributed by atoms with Gasteiger partial charge in [0.1, 0.15) is 0 Å². The van der Waals surface area contributed by atoms with E-state index in [0.29, 0.717) is 17.1 Å². The molecule has 0 amide bonds. The summed E-state index contributed by atoms with van der Waals surface area (Å²) in [7, 11) is -2.32. The molecule has 20 heavy (non-hydrogen) atoms. The molecule has 3 N–H and O–H groups in total. The minimum absolute atomic E-state index is 0.151. The molecule has 0 fully saturated rings. The number of benzene rings is 2. The van der Waals surface area contributed by atoms with Crippen LogP contribution in [0.4, 0.5) is 11.4 Å². The average Bonchev–Trinajstić information content (AvgIpc) is 2.41. The van der Waals surface area contributed by atoms with Crippen molar-refractivity contribution in [3.63, 3.8) is 0 Å². The van der Waals surface area contributed by atoms with Gasteiger partial charge in [0, 0.05) is 0 Å². The third-order valence-electron chi connectivity index (χ3n) is 2.52. The summed E-state index contributed by atoms with van der Waals surface area (Å²) in [6.45, 7) is 3.44. The zero-order chi connectivity index (χ0) is 14.6. The monoisotopic (exact) mass is 288 g/mol. The summed E-state index contributed by atoms with van der Waals surface area (Å²) in [5.74, 6) is 0.579. The fourth-order valence-corrected chi connectivity index (χ4v) is 2.62. The summed E-state index contributed by atoms with van der Waals surface area (Å²) >= 11 is 0. The van der Waals surface area contributed by atoms with Crippen molar-refractivity contribution in [3.05, 3.63) is 48.5 Å². The molecular weight excluding hydrogens is 275 g/mol. The summed E-state index contributed by atoms with van der Waals surface area (Å²) in [6, 6.07) is 12.5. The van der Waals surface area contributed by atoms with Crippen LogP contribution in [0.15, 0.2) is 53.4 Å². The van der Waals surface area contributed by atoms with Crippen LogP contribution < -0.4 is 15.1 Å². The van der Waals surface area contributed by atoms with Gasteiger partial charge >= 0.3 is 118 Å². The Morgan fingerprint density at radius 3 is 2.20 bits per heavy atom. The van der Waals surface area contributed by atoms with Gasteiger partial charge in [-0.3, -0.25) is 0 Å². The molecule has 0 heterocycles. The van der Waals surface area contributed by atoms with Crippen LogP contribution in [0.1, 0.15) is 0 Å². The van der Waals surface area contributed by atoms with Gasteiger partial charge in [-0.15, -0.1) is 0 Å². The van der Waals surface area contributed by atoms with Crippen LogP contribution in [-0.4, -0.2) is 22.0 Å². The first-order valence-electron chi connectivity index (χ1n) is 5.77. The van der Waals surface area contributed by atoms with Crippen LogP contribution >= 0.6 is 0 Å². The van der Waals surface area contributed by atoms with Crippen LogP contribution in [0, 0.1) is 0 Å². The van der Waals surface area contributed by atoms with Crippen molar-refractivity contribution < 1.29 is 13.1 Å². The van der Waals surface area contributed by atoms with Gasteiger partial charge in [-0.05, 0) is 0 Å². The second-order valence-electron chi connectivity index (χ2n) is 3.98. The van der Waals surface area contributed by atoms with E-state index in [9.17, 15) is 8.42 Å². The van der Waals surface area contributed by atoms with Crippen molar-refractivity contribution in [1.82, 2.24) is 0 Å². The van der Waals surface area contributed by atoms with Gasteiger partial charge in [0.05, 0.1) is 0 Å². The Morgan fingerprint density at radius 1 is 1.05 bits per heavy atom. The molecule has 0 spiro atoms. The topological polar surface area (TPSA) is 81.4 Å². The number of hydrogen-bond acceptors (Lipinski definition) is 4. The van der Waals surface area contributed by atoms with Crippen molar-refractivity contribution in [2.75, 3.05) is 10.5 Å². The van der Waals surface area contributed by atoms with Gasteiger partial charge in [-0.1, -0.05) is 0 Å². The van der Waals surface area contributed by atoms with Crippen molar-refractivity contribution in [1.29, 1.82) is 0 Å². The van der Waals surface area contributed by atoms with E-state index in [4.69, 9.17) is 10.4 Å². The first kappa shape index (κ1) is 14.1. The first-order valence-corrected chi connectivity index (χ1v) is 7.25. The van der Waals surface area contributed by atoms with E-state index in [1.54, 1.807) is 24.3 Å². The molecule has 2 aromatic carbocycles. The number of sulfonamides is 1. The molecule has 0 aliphatic carbocycles. The number of nitrogens with two attached hydrogens (primary N) is 1. The maximum atomic E-state index is 12.1. The van der Waals surface area contributed by atoms with Gasteiger partial charge in [0.2, 0.25) is 0 Å². The van der Waals surface area contributed by atoms with E-state index in [1.165, 1.54) is 31.4 Å². The molecule has 0 radical (unpaired) electrons. The molecule has 0 unspecified atom stereocenters. The van der Waals surface area contributed by atoms with E-state index in [2.05, 4.69) is 11.2 Å². The van der Waals surface area contributed by atoms with Crippen LogP contribution in [0.25, 0.3) is 0 Å². The molecule has 0 aliphatic rings. The molecule has 0 bridgehead atoms. The average molecular weight is 288 g/mol. The van der Waals surface area contributed by atoms with Crippen LogP contribution in [0.5, 0.6) is 5.75 Å². The fourth-order valence-electron chi connectivity index (χ4n) is 1.56. The van der Waals surface area contributed by atoms with E-state index < -0.39 is 10.0 Å². The van der Waals surface area contributed by atoms with Gasteiger partial charge in [-0.2, -0.15) is 0 Å². The zero-order valence-electron chi connectivity index (χ0n) is 10.6. The Hall–Kier alpha value is -2.28. The fraction of sp³-hybridized carbons (Fsp3) is 0. The maximum absolute atomic E-state index is 12.1. The van der Waals surface area contributed by atoms with Crippen molar-refractivity contribution in [2.45, 2.75) is 4.90 Å². The number of nitrogen functional groups attached to an aromatic ring is 1. The Bertz CT molecular complexity index is 697. The van der Waals surface area contributed by atoms with E-state index >= 15 is 0 Å². The molecular formula is C13H13BN2O3S. The third kappa shape index (κ3) is 3.39. The van der Waals surface area contributed by atoms with Crippen LogP contribution in [0.3, 0.4) is 0 Å². The zero-order valence-corrected chi connectivity index (χ0v) is 11.4. The Morgan fingerprint density at radius 2 is 1.65 bits per heavy atom. The number of nitrogens with one attached hydrogen (secondary N) is 1. The molecule has 0 atom stereocenters. The van der Waals surface area contributed by atoms with Crippen molar-refractivity contribution >= 4 is 35.0 Å². The summed E-state index contributed by atoms with van der Waals surface area (Å²) in [5, 5.41) is 0. The number of rotatable bonds is 5. The molecule has 2 aromatic rings. The minimum atomic E-state index is -3.62. The van der Waals surface area contributed by atoms with Crippen LogP contribution in [0.2, 0.25) is 0 Å². The molecule has 0 saturated heterocycles. The molecule has 2 rings (SSSR count). The molecule has 7 heteroatoms. The standard InChI is InChI=1S/C13H13BN2O3S/c1-14-19-12-6-4-11(5-7-12)16-20(17,18)13-8-2-10(15)3-9-13/h2-9,16H,1,15H2. The molecule has 5 nitrogen and oxygen atoms in total. The summed E-state index contributed by atoms with van der Waals surface area (Å²) in [5.41, 5.74) is 6.48. The Kier molecular flexibility index (Phi) is 4.09. The predicted molar refractivity (Wildman–Crippen MR) is 81.6 cm³/mol. The summed E-state index contributed by atoms with van der Waals surface area (Å²) < 4.78 is 31.8. The number of hydrogen-bond donors (Lipinski definition) is 2. The van der Waals surface area contributed by atoms with E-state index in [1.807, 2.05) is 0 Å². The molecule has 0 saturated carbocycles. The Labute approximate surface area is 118 Å². The van der Waals surface area contributed by atoms with Gasteiger partial charge in [0.25, 0.3) is 0 Å². The van der Waals surface area contributed by atoms with Crippen LogP contribution in [-0.2, 0) is 10.0 Å². The van der Waals surface area contributed by atoms with Crippen molar-refractivity contribution in [2.24, 2.45) is 0 Å². The first-order chi connectivity index (χ1) is 9.51. The second kappa shape index (κ2) is 5.79. The predicted octanol–water partition coefficient (Wildman–Crippen LogP) is 1.50. The quantitative estimate of drug-likeness (QED) is 0.645. The van der Waals surface area contributed by atoms with Crippen molar-refractivity contribution in [3.8, 4) is 5.75 Å². The molecule has 102 valence electrons. The van der Waals surface area contributed by atoms with Gasteiger partial charge in [0.15, 0.2) is 0 Å². The normalized spacial score (nSPS) is 10.6. The number of anilines is 2. The summed E-state index contributed by atoms with van der Waals surface area (Å²) in [6.07, 6.45) is 0. The van der Waals surface area contributed by atoms with Gasteiger partial charge < -0.3 is 0 Å². The SMILES string of the molecule is C=BOc1ccc(NS(=O)(=O)c2ccc(N)cc2)cc1. The van der Waals surface area contributed by atoms with Gasteiger partial charge in [-0.25, -0.2) is 0 Å². The molecule has 0 aromatic heterocycles. The summed E-state index contributed by atoms with van der Waals surface area (Å²) in [4.78, 5) is 0.151. The van der Waals surface area contributed by atoms with E-state index in [-0.39, 0.29) is 4.90 Å². The molecule has 0 aliphatic heterocycles. The van der Waals surface area contributed by atoms with E-state index in [0.717, 1.165) is 0 Å².